The van der Waals surface area contributed by atoms with Gasteiger partial charge in [0.25, 0.3) is 5.91 Å². The number of amides is 1. The van der Waals surface area contributed by atoms with Crippen LogP contribution in [0.25, 0.3) is 0 Å². The van der Waals surface area contributed by atoms with Gasteiger partial charge in [0, 0.05) is 33.5 Å². The lowest BCUT2D eigenvalue weighted by atomic mass is 10.2. The van der Waals surface area contributed by atoms with Crippen LogP contribution in [-0.4, -0.2) is 15.5 Å². The summed E-state index contributed by atoms with van der Waals surface area (Å²) in [4.78, 5) is 21.2. The Balaban J connectivity index is 1.89. The number of hydrogen-bond acceptors (Lipinski definition) is 3. The molecule has 0 unspecified atom stereocenters. The minimum absolute atomic E-state index is 0.319. The Morgan fingerprint density at radius 1 is 1.29 bits per heavy atom. The minimum atomic E-state index is -0.319. The maximum absolute atomic E-state index is 12.3. The van der Waals surface area contributed by atoms with Gasteiger partial charge < -0.3 is 4.57 Å². The van der Waals surface area contributed by atoms with Gasteiger partial charge >= 0.3 is 0 Å². The third kappa shape index (κ3) is 3.93. The van der Waals surface area contributed by atoms with Crippen LogP contribution in [-0.2, 0) is 6.54 Å². The molecule has 1 aromatic carbocycles. The molecule has 7 heteroatoms. The summed E-state index contributed by atoms with van der Waals surface area (Å²) >= 11 is 13.5. The van der Waals surface area contributed by atoms with Crippen molar-refractivity contribution in [2.75, 3.05) is 0 Å². The van der Waals surface area contributed by atoms with Crippen LogP contribution in [0.1, 0.15) is 21.6 Å². The molecule has 3 aromatic rings. The number of carbonyl (C=O) groups excluding carboxylic acids is 1. The van der Waals surface area contributed by atoms with Gasteiger partial charge in [-0.3, -0.25) is 9.78 Å². The number of aromatic nitrogens is 2. The van der Waals surface area contributed by atoms with Crippen molar-refractivity contribution in [1.82, 2.24) is 9.55 Å². The van der Waals surface area contributed by atoms with Gasteiger partial charge in [0.1, 0.15) is 0 Å². The maximum atomic E-state index is 12.3. The largest absolute Gasteiger partial charge is 0.319 e. The van der Waals surface area contributed by atoms with Gasteiger partial charge in [0.05, 0.1) is 12.1 Å². The number of nitrogens with zero attached hydrogens (tertiary/aromatic N) is 3. The highest BCUT2D eigenvalue weighted by Crippen LogP contribution is 2.21. The fraction of sp³-hybridized carbons (Fsp3) is 0.118. The van der Waals surface area contributed by atoms with Gasteiger partial charge in [-0.05, 0) is 36.8 Å². The Morgan fingerprint density at radius 3 is 2.83 bits per heavy atom. The van der Waals surface area contributed by atoms with Crippen molar-refractivity contribution in [3.63, 3.8) is 0 Å². The molecule has 122 valence electrons. The van der Waals surface area contributed by atoms with Crippen LogP contribution in [0, 0.1) is 6.92 Å². The normalized spacial score (nSPS) is 11.7. The molecule has 2 heterocycles. The zero-order valence-corrected chi connectivity index (χ0v) is 15.1. The van der Waals surface area contributed by atoms with Crippen molar-refractivity contribution in [1.29, 1.82) is 0 Å². The predicted octanol–water partition coefficient (Wildman–Crippen LogP) is 4.35. The van der Waals surface area contributed by atoms with Crippen LogP contribution in [0.2, 0.25) is 10.0 Å². The molecule has 0 radical (unpaired) electrons. The van der Waals surface area contributed by atoms with E-state index in [0.717, 1.165) is 11.3 Å². The number of carbonyl (C=O) groups is 1. The molecular weight excluding hydrogens is 365 g/mol. The lowest BCUT2D eigenvalue weighted by molar-refractivity contribution is 0.0997. The number of thiazole rings is 1. The van der Waals surface area contributed by atoms with E-state index in [1.165, 1.54) is 17.5 Å². The Morgan fingerprint density at radius 2 is 2.12 bits per heavy atom. The minimum Gasteiger partial charge on any atom is -0.319 e. The molecule has 0 aliphatic rings. The molecule has 0 saturated heterocycles. The Labute approximate surface area is 153 Å². The van der Waals surface area contributed by atoms with Crippen molar-refractivity contribution in [2.45, 2.75) is 13.5 Å². The standard InChI is InChI=1S/C17H13Cl2N3OS/c1-11-2-3-12(9-20-11)16(23)21-17-22(6-7-24-17)10-13-4-5-14(18)8-15(13)19/h2-9H,10H2,1H3. The van der Waals surface area contributed by atoms with E-state index in [0.29, 0.717) is 27.0 Å². The van der Waals surface area contributed by atoms with Gasteiger partial charge in [-0.1, -0.05) is 29.3 Å². The van der Waals surface area contributed by atoms with Crippen molar-refractivity contribution >= 4 is 40.4 Å². The summed E-state index contributed by atoms with van der Waals surface area (Å²) in [7, 11) is 0. The molecule has 0 N–H and O–H groups in total. The molecule has 1 amide bonds. The third-order valence-electron chi connectivity index (χ3n) is 3.37. The van der Waals surface area contributed by atoms with Gasteiger partial charge in [-0.2, -0.15) is 4.99 Å². The summed E-state index contributed by atoms with van der Waals surface area (Å²) in [5, 5.41) is 3.05. The number of benzene rings is 1. The summed E-state index contributed by atoms with van der Waals surface area (Å²) < 4.78 is 1.87. The first-order chi connectivity index (χ1) is 11.5. The van der Waals surface area contributed by atoms with Crippen LogP contribution < -0.4 is 4.80 Å². The first-order valence-corrected chi connectivity index (χ1v) is 8.76. The average Bonchev–Trinajstić information content (AvgIpc) is 2.97. The van der Waals surface area contributed by atoms with E-state index in [1.807, 2.05) is 29.1 Å². The lowest BCUT2D eigenvalue weighted by Crippen LogP contribution is -2.17. The highest BCUT2D eigenvalue weighted by atomic mass is 35.5. The molecule has 4 nitrogen and oxygen atoms in total. The predicted molar refractivity (Wildman–Crippen MR) is 96.7 cm³/mol. The first-order valence-electron chi connectivity index (χ1n) is 7.12. The zero-order valence-electron chi connectivity index (χ0n) is 12.7. The lowest BCUT2D eigenvalue weighted by Gasteiger charge is -2.06. The molecular formula is C17H13Cl2N3OS. The molecule has 0 atom stereocenters. The van der Waals surface area contributed by atoms with Crippen LogP contribution in [0.3, 0.4) is 0 Å². The average molecular weight is 378 g/mol. The van der Waals surface area contributed by atoms with E-state index in [9.17, 15) is 4.79 Å². The van der Waals surface area contributed by atoms with E-state index in [2.05, 4.69) is 9.98 Å². The van der Waals surface area contributed by atoms with Crippen molar-refractivity contribution in [3.8, 4) is 0 Å². The highest BCUT2D eigenvalue weighted by molar-refractivity contribution is 7.07. The second-order valence-corrected chi connectivity index (χ2v) is 6.87. The molecule has 24 heavy (non-hydrogen) atoms. The fourth-order valence-corrected chi connectivity index (χ4v) is 3.28. The molecule has 0 bridgehead atoms. The van der Waals surface area contributed by atoms with E-state index in [-0.39, 0.29) is 5.91 Å². The molecule has 0 saturated carbocycles. The molecule has 0 spiro atoms. The molecule has 2 aromatic heterocycles. The molecule has 0 aliphatic carbocycles. The van der Waals surface area contributed by atoms with Crippen LogP contribution in [0.5, 0.6) is 0 Å². The Bertz CT molecular complexity index is 945. The number of aryl methyl sites for hydroxylation is 1. The monoisotopic (exact) mass is 377 g/mol. The summed E-state index contributed by atoms with van der Waals surface area (Å²) in [5.41, 5.74) is 2.23. The van der Waals surface area contributed by atoms with Gasteiger partial charge in [-0.25, -0.2) is 0 Å². The number of hydrogen-bond donors (Lipinski definition) is 0. The molecule has 3 rings (SSSR count). The topological polar surface area (TPSA) is 47.2 Å². The maximum Gasteiger partial charge on any atom is 0.281 e. The van der Waals surface area contributed by atoms with E-state index in [4.69, 9.17) is 23.2 Å². The number of rotatable bonds is 3. The fourth-order valence-electron chi connectivity index (χ4n) is 2.09. The van der Waals surface area contributed by atoms with Crippen molar-refractivity contribution in [3.05, 3.63) is 79.8 Å². The summed E-state index contributed by atoms with van der Waals surface area (Å²) in [6.45, 7) is 2.38. The zero-order chi connectivity index (χ0) is 17.1. The number of halogens is 2. The Kier molecular flexibility index (Phi) is 5.14. The highest BCUT2D eigenvalue weighted by Gasteiger charge is 2.07. The van der Waals surface area contributed by atoms with E-state index >= 15 is 0 Å². The first kappa shape index (κ1) is 16.9. The second kappa shape index (κ2) is 7.30. The summed E-state index contributed by atoms with van der Waals surface area (Å²) in [5.74, 6) is -0.319. The van der Waals surface area contributed by atoms with Crippen LogP contribution in [0.4, 0.5) is 0 Å². The van der Waals surface area contributed by atoms with E-state index in [1.54, 1.807) is 24.3 Å². The SMILES string of the molecule is Cc1ccc(C(=O)N=c2sccn2Cc2ccc(Cl)cc2Cl)cn1. The molecule has 0 aliphatic heterocycles. The van der Waals surface area contributed by atoms with Crippen LogP contribution >= 0.6 is 34.5 Å². The molecule has 0 fully saturated rings. The van der Waals surface area contributed by atoms with Crippen molar-refractivity contribution in [2.24, 2.45) is 4.99 Å². The summed E-state index contributed by atoms with van der Waals surface area (Å²) in [6, 6.07) is 8.87. The third-order valence-corrected chi connectivity index (χ3v) is 4.75. The second-order valence-electron chi connectivity index (χ2n) is 5.15. The Hall–Kier alpha value is -1.95. The van der Waals surface area contributed by atoms with Gasteiger partial charge in [-0.15, -0.1) is 11.3 Å². The summed E-state index contributed by atoms with van der Waals surface area (Å²) in [6.07, 6.45) is 3.41. The van der Waals surface area contributed by atoms with E-state index < -0.39 is 0 Å². The van der Waals surface area contributed by atoms with Gasteiger partial charge in [0.2, 0.25) is 0 Å². The smallest absolute Gasteiger partial charge is 0.281 e. The van der Waals surface area contributed by atoms with Gasteiger partial charge in [0.15, 0.2) is 4.80 Å². The van der Waals surface area contributed by atoms with Crippen molar-refractivity contribution < 1.29 is 4.79 Å². The quantitative estimate of drug-likeness (QED) is 0.680. The number of pyridine rings is 1. The van der Waals surface area contributed by atoms with Crippen LogP contribution in [0.15, 0.2) is 53.1 Å².